The molecule has 0 saturated carbocycles. The first kappa shape index (κ1) is 12.8. The Morgan fingerprint density at radius 3 is 3.07 bits per heavy atom. The smallest absolute Gasteiger partial charge is 0.220 e. The minimum absolute atomic E-state index is 0.188. The number of nitrogens with one attached hydrogen (secondary N) is 1. The third-order valence-electron chi connectivity index (χ3n) is 2.68. The Morgan fingerprint density at radius 1 is 1.67 bits per heavy atom. The van der Waals surface area contributed by atoms with Gasteiger partial charge in [-0.05, 0) is 43.6 Å². The fourth-order valence-corrected chi connectivity index (χ4v) is 2.96. The molecule has 0 bridgehead atoms. The normalized spacial score (nSPS) is 22.7. The quantitative estimate of drug-likeness (QED) is 0.724. The summed E-state index contributed by atoms with van der Waals surface area (Å²) in [7, 11) is 0. The molecule has 0 radical (unpaired) electrons. The number of carbonyl (C=O) groups is 1. The highest BCUT2D eigenvalue weighted by Gasteiger charge is 2.15. The van der Waals surface area contributed by atoms with E-state index in [0.29, 0.717) is 12.3 Å². The van der Waals surface area contributed by atoms with Crippen molar-refractivity contribution >= 4 is 17.7 Å². The lowest BCUT2D eigenvalue weighted by molar-refractivity contribution is -0.121. The van der Waals surface area contributed by atoms with Crippen LogP contribution >= 0.6 is 11.8 Å². The molecule has 1 heterocycles. The zero-order chi connectivity index (χ0) is 11.1. The topological polar surface area (TPSA) is 55.1 Å². The van der Waals surface area contributed by atoms with Gasteiger partial charge in [-0.15, -0.1) is 0 Å². The summed E-state index contributed by atoms with van der Waals surface area (Å²) in [6.45, 7) is 2.84. The SMILES string of the molecule is CC(N)CCCC(=O)NCC1CCSC1. The first-order valence-electron chi connectivity index (χ1n) is 5.78. The summed E-state index contributed by atoms with van der Waals surface area (Å²) in [5, 5.41) is 3.01. The van der Waals surface area contributed by atoms with Gasteiger partial charge in [0.2, 0.25) is 5.91 Å². The van der Waals surface area contributed by atoms with Gasteiger partial charge in [0.25, 0.3) is 0 Å². The van der Waals surface area contributed by atoms with Crippen LogP contribution in [0.4, 0.5) is 0 Å². The van der Waals surface area contributed by atoms with E-state index in [2.05, 4.69) is 5.32 Å². The van der Waals surface area contributed by atoms with Crippen LogP contribution in [0.25, 0.3) is 0 Å². The molecule has 2 atom stereocenters. The van der Waals surface area contributed by atoms with Gasteiger partial charge in [-0.2, -0.15) is 11.8 Å². The maximum absolute atomic E-state index is 11.4. The molecule has 1 saturated heterocycles. The van der Waals surface area contributed by atoms with Crippen molar-refractivity contribution < 1.29 is 4.79 Å². The van der Waals surface area contributed by atoms with Crippen molar-refractivity contribution in [2.75, 3.05) is 18.1 Å². The highest BCUT2D eigenvalue weighted by Crippen LogP contribution is 2.22. The third-order valence-corrected chi connectivity index (χ3v) is 3.91. The van der Waals surface area contributed by atoms with Gasteiger partial charge in [-0.1, -0.05) is 0 Å². The summed E-state index contributed by atoms with van der Waals surface area (Å²) >= 11 is 1.99. The maximum atomic E-state index is 11.4. The van der Waals surface area contributed by atoms with Crippen molar-refractivity contribution in [2.24, 2.45) is 11.7 Å². The molecule has 0 aromatic rings. The molecule has 1 fully saturated rings. The third kappa shape index (κ3) is 6.05. The molecular formula is C11H22N2OS. The number of carbonyl (C=O) groups excluding carboxylic acids is 1. The van der Waals surface area contributed by atoms with Gasteiger partial charge >= 0.3 is 0 Å². The average molecular weight is 230 g/mol. The highest BCUT2D eigenvalue weighted by molar-refractivity contribution is 7.99. The van der Waals surface area contributed by atoms with Crippen LogP contribution in [0, 0.1) is 5.92 Å². The highest BCUT2D eigenvalue weighted by atomic mass is 32.2. The predicted octanol–water partition coefficient (Wildman–Crippen LogP) is 1.37. The summed E-state index contributed by atoms with van der Waals surface area (Å²) in [4.78, 5) is 11.4. The van der Waals surface area contributed by atoms with E-state index in [-0.39, 0.29) is 11.9 Å². The Labute approximate surface area is 96.6 Å². The molecule has 88 valence electrons. The summed E-state index contributed by atoms with van der Waals surface area (Å²) in [5.74, 6) is 3.35. The Kier molecular flexibility index (Phi) is 6.10. The molecule has 15 heavy (non-hydrogen) atoms. The van der Waals surface area contributed by atoms with Crippen LogP contribution in [0.3, 0.4) is 0 Å². The van der Waals surface area contributed by atoms with Gasteiger partial charge in [0.15, 0.2) is 0 Å². The van der Waals surface area contributed by atoms with Gasteiger partial charge in [-0.25, -0.2) is 0 Å². The first-order valence-corrected chi connectivity index (χ1v) is 6.94. The molecule has 3 N–H and O–H groups in total. The van der Waals surface area contributed by atoms with E-state index in [1.165, 1.54) is 17.9 Å². The fraction of sp³-hybridized carbons (Fsp3) is 0.909. The molecular weight excluding hydrogens is 208 g/mol. The number of nitrogens with two attached hydrogens (primary N) is 1. The Bertz CT molecular complexity index is 191. The van der Waals surface area contributed by atoms with Crippen LogP contribution in [0.1, 0.15) is 32.6 Å². The number of hydrogen-bond donors (Lipinski definition) is 2. The summed E-state index contributed by atoms with van der Waals surface area (Å²) in [5.41, 5.74) is 5.62. The standard InChI is InChI=1S/C11H22N2OS/c1-9(12)3-2-4-11(14)13-7-10-5-6-15-8-10/h9-10H,2-8,12H2,1H3,(H,13,14). The molecule has 1 rings (SSSR count). The number of rotatable bonds is 6. The van der Waals surface area contributed by atoms with Gasteiger partial charge in [0.05, 0.1) is 0 Å². The molecule has 1 amide bonds. The zero-order valence-corrected chi connectivity index (χ0v) is 10.3. The number of thioether (sulfide) groups is 1. The fourth-order valence-electron chi connectivity index (χ4n) is 1.68. The monoisotopic (exact) mass is 230 g/mol. The largest absolute Gasteiger partial charge is 0.356 e. The van der Waals surface area contributed by atoms with Crippen LogP contribution in [0.5, 0.6) is 0 Å². The van der Waals surface area contributed by atoms with E-state index < -0.39 is 0 Å². The van der Waals surface area contributed by atoms with Crippen molar-refractivity contribution in [3.63, 3.8) is 0 Å². The minimum atomic E-state index is 0.188. The molecule has 2 unspecified atom stereocenters. The lowest BCUT2D eigenvalue weighted by atomic mass is 10.1. The van der Waals surface area contributed by atoms with E-state index in [4.69, 9.17) is 5.73 Å². The second-order valence-corrected chi connectivity index (χ2v) is 5.55. The summed E-state index contributed by atoms with van der Waals surface area (Å²) < 4.78 is 0. The number of hydrogen-bond acceptors (Lipinski definition) is 3. The van der Waals surface area contributed by atoms with E-state index >= 15 is 0 Å². The lowest BCUT2D eigenvalue weighted by Gasteiger charge is -2.10. The first-order chi connectivity index (χ1) is 7.18. The van der Waals surface area contributed by atoms with E-state index in [1.807, 2.05) is 18.7 Å². The molecule has 0 aromatic heterocycles. The van der Waals surface area contributed by atoms with Crippen LogP contribution in [0.2, 0.25) is 0 Å². The van der Waals surface area contributed by atoms with Crippen LogP contribution < -0.4 is 11.1 Å². The van der Waals surface area contributed by atoms with Gasteiger partial charge in [0, 0.05) is 19.0 Å². The van der Waals surface area contributed by atoms with Crippen molar-refractivity contribution in [3.05, 3.63) is 0 Å². The molecule has 1 aliphatic rings. The van der Waals surface area contributed by atoms with Crippen LogP contribution in [-0.4, -0.2) is 30.0 Å². The summed E-state index contributed by atoms with van der Waals surface area (Å²) in [6.07, 6.45) is 3.72. The molecule has 0 aromatic carbocycles. The van der Waals surface area contributed by atoms with Gasteiger partial charge in [0.1, 0.15) is 0 Å². The summed E-state index contributed by atoms with van der Waals surface area (Å²) in [6, 6.07) is 0.212. The average Bonchev–Trinajstić information content (AvgIpc) is 2.66. The second kappa shape index (κ2) is 7.12. The Morgan fingerprint density at radius 2 is 2.47 bits per heavy atom. The minimum Gasteiger partial charge on any atom is -0.356 e. The molecule has 4 heteroatoms. The second-order valence-electron chi connectivity index (χ2n) is 4.40. The van der Waals surface area contributed by atoms with Crippen molar-refractivity contribution in [1.82, 2.24) is 5.32 Å². The van der Waals surface area contributed by atoms with E-state index in [1.54, 1.807) is 0 Å². The van der Waals surface area contributed by atoms with Gasteiger partial charge < -0.3 is 11.1 Å². The Hall–Kier alpha value is -0.220. The van der Waals surface area contributed by atoms with Crippen molar-refractivity contribution in [1.29, 1.82) is 0 Å². The van der Waals surface area contributed by atoms with E-state index in [0.717, 1.165) is 19.4 Å². The van der Waals surface area contributed by atoms with Gasteiger partial charge in [-0.3, -0.25) is 4.79 Å². The van der Waals surface area contributed by atoms with Crippen molar-refractivity contribution in [3.8, 4) is 0 Å². The lowest BCUT2D eigenvalue weighted by Crippen LogP contribution is -2.29. The number of amides is 1. The predicted molar refractivity (Wildman–Crippen MR) is 65.9 cm³/mol. The Balaban J connectivity index is 1.98. The molecule has 1 aliphatic heterocycles. The van der Waals surface area contributed by atoms with Crippen molar-refractivity contribution in [2.45, 2.75) is 38.6 Å². The maximum Gasteiger partial charge on any atom is 0.220 e. The molecule has 0 aliphatic carbocycles. The van der Waals surface area contributed by atoms with E-state index in [9.17, 15) is 4.79 Å². The molecule has 0 spiro atoms. The van der Waals surface area contributed by atoms with Crippen LogP contribution in [0.15, 0.2) is 0 Å². The molecule has 3 nitrogen and oxygen atoms in total. The van der Waals surface area contributed by atoms with Crippen LogP contribution in [-0.2, 0) is 4.79 Å². The zero-order valence-electron chi connectivity index (χ0n) is 9.50.